The van der Waals surface area contributed by atoms with Crippen molar-refractivity contribution in [3.63, 3.8) is 0 Å². The molecule has 0 aromatic heterocycles. The maximum absolute atomic E-state index is 13.3. The lowest BCUT2D eigenvalue weighted by atomic mass is 10.1. The number of ether oxygens (including phenoxy) is 1. The van der Waals surface area contributed by atoms with Crippen molar-refractivity contribution in [1.29, 1.82) is 0 Å². The molecule has 0 saturated carbocycles. The van der Waals surface area contributed by atoms with Gasteiger partial charge in [-0.2, -0.15) is 0 Å². The number of aliphatic imine (C=N–C) groups is 1. The number of rotatable bonds is 8. The van der Waals surface area contributed by atoms with Crippen LogP contribution in [0, 0.1) is 6.92 Å². The van der Waals surface area contributed by atoms with Gasteiger partial charge in [0, 0.05) is 12.6 Å². The SMILES string of the molecule is CCC/N=C1\N(c2ccccc2C)C(=O)/C(=C/c2ccc(OC[C@@H](O)CO)c(Cl)c2)[S+]1[O-]. The molecule has 32 heavy (non-hydrogen) atoms. The van der Waals surface area contributed by atoms with Crippen molar-refractivity contribution >= 4 is 45.6 Å². The normalized spacial score (nSPS) is 19.8. The molecule has 1 unspecified atom stereocenters. The van der Waals surface area contributed by atoms with Gasteiger partial charge in [0.1, 0.15) is 18.5 Å². The minimum absolute atomic E-state index is 0.109. The van der Waals surface area contributed by atoms with Gasteiger partial charge in [0.2, 0.25) is 4.91 Å². The van der Waals surface area contributed by atoms with Crippen LogP contribution < -0.4 is 9.64 Å². The Morgan fingerprint density at radius 2 is 2.06 bits per heavy atom. The van der Waals surface area contributed by atoms with Gasteiger partial charge in [0.25, 0.3) is 0 Å². The quantitative estimate of drug-likeness (QED) is 0.449. The number of carbonyl (C=O) groups excluding carboxylic acids is 1. The molecule has 0 spiro atoms. The third-order valence-corrected chi connectivity index (χ3v) is 6.32. The van der Waals surface area contributed by atoms with E-state index in [1.807, 2.05) is 32.0 Å². The van der Waals surface area contributed by atoms with Gasteiger partial charge in [0.15, 0.2) is 0 Å². The van der Waals surface area contributed by atoms with Crippen molar-refractivity contribution in [3.8, 4) is 5.75 Å². The predicted molar refractivity (Wildman–Crippen MR) is 127 cm³/mol. The van der Waals surface area contributed by atoms with Gasteiger partial charge in [-0.25, -0.2) is 9.89 Å². The van der Waals surface area contributed by atoms with Crippen LogP contribution in [0.1, 0.15) is 24.5 Å². The van der Waals surface area contributed by atoms with Crippen LogP contribution in [0.25, 0.3) is 6.08 Å². The first-order valence-corrected chi connectivity index (χ1v) is 11.7. The highest BCUT2D eigenvalue weighted by atomic mass is 35.5. The summed E-state index contributed by atoms with van der Waals surface area (Å²) in [6, 6.07) is 12.2. The van der Waals surface area contributed by atoms with Gasteiger partial charge in [-0.15, -0.1) is 0 Å². The van der Waals surface area contributed by atoms with Crippen LogP contribution in [0.3, 0.4) is 0 Å². The number of nitrogens with zero attached hydrogens (tertiary/aromatic N) is 2. The van der Waals surface area contributed by atoms with Gasteiger partial charge in [-0.1, -0.05) is 42.8 Å². The highest BCUT2D eigenvalue weighted by Gasteiger charge is 2.47. The average Bonchev–Trinajstić information content (AvgIpc) is 3.01. The molecule has 7 nitrogen and oxygen atoms in total. The summed E-state index contributed by atoms with van der Waals surface area (Å²) in [5, 5.41) is 18.8. The highest BCUT2D eigenvalue weighted by Crippen LogP contribution is 2.34. The molecule has 2 aromatic rings. The fourth-order valence-corrected chi connectivity index (χ4v) is 4.54. The molecule has 9 heteroatoms. The summed E-state index contributed by atoms with van der Waals surface area (Å²) in [7, 11) is 0. The Morgan fingerprint density at radius 3 is 2.72 bits per heavy atom. The highest BCUT2D eigenvalue weighted by molar-refractivity contribution is 8.12. The second-order valence-electron chi connectivity index (χ2n) is 7.21. The van der Waals surface area contributed by atoms with E-state index in [9.17, 15) is 14.5 Å². The molecule has 1 aliphatic rings. The maximum atomic E-state index is 13.3. The molecule has 2 aromatic carbocycles. The molecular weight excluding hydrogens is 452 g/mol. The van der Waals surface area contributed by atoms with Crippen LogP contribution >= 0.6 is 11.6 Å². The van der Waals surface area contributed by atoms with Crippen LogP contribution in [0.15, 0.2) is 52.4 Å². The number of benzene rings is 2. The van der Waals surface area contributed by atoms with E-state index < -0.39 is 29.8 Å². The Kier molecular flexibility index (Phi) is 8.33. The molecule has 1 aliphatic heterocycles. The largest absolute Gasteiger partial charge is 0.604 e. The first kappa shape index (κ1) is 24.3. The number of amidine groups is 1. The number of carbonyl (C=O) groups is 1. The van der Waals surface area contributed by atoms with Crippen molar-refractivity contribution in [3.05, 3.63) is 63.5 Å². The second-order valence-corrected chi connectivity index (χ2v) is 8.96. The zero-order valence-corrected chi connectivity index (χ0v) is 19.4. The number of para-hydroxylation sites is 1. The Labute approximate surface area is 195 Å². The van der Waals surface area contributed by atoms with Crippen LogP contribution in [-0.4, -0.2) is 51.7 Å². The Morgan fingerprint density at radius 1 is 1.31 bits per heavy atom. The molecule has 1 fully saturated rings. The first-order valence-electron chi connectivity index (χ1n) is 10.2. The van der Waals surface area contributed by atoms with Gasteiger partial charge in [-0.05, 0) is 42.7 Å². The fraction of sp³-hybridized carbons (Fsp3) is 0.304. The monoisotopic (exact) mass is 476 g/mol. The van der Waals surface area contributed by atoms with Crippen LogP contribution in [0.4, 0.5) is 5.69 Å². The van der Waals surface area contributed by atoms with Crippen molar-refractivity contribution in [2.24, 2.45) is 4.99 Å². The van der Waals surface area contributed by atoms with Crippen molar-refractivity contribution in [2.45, 2.75) is 26.4 Å². The van der Waals surface area contributed by atoms with E-state index in [1.54, 1.807) is 24.3 Å². The summed E-state index contributed by atoms with van der Waals surface area (Å²) in [4.78, 5) is 19.3. The average molecular weight is 477 g/mol. The van der Waals surface area contributed by atoms with Gasteiger partial charge in [0.05, 0.1) is 28.5 Å². The Hall–Kier alpha value is -2.36. The van der Waals surface area contributed by atoms with E-state index >= 15 is 0 Å². The lowest BCUT2D eigenvalue weighted by Crippen LogP contribution is -2.31. The van der Waals surface area contributed by atoms with E-state index in [2.05, 4.69) is 4.99 Å². The zero-order valence-electron chi connectivity index (χ0n) is 17.8. The lowest BCUT2D eigenvalue weighted by molar-refractivity contribution is -0.113. The summed E-state index contributed by atoms with van der Waals surface area (Å²) in [5.41, 5.74) is 2.09. The number of aryl methyl sites for hydroxylation is 1. The minimum atomic E-state index is -1.74. The summed E-state index contributed by atoms with van der Waals surface area (Å²) in [6.07, 6.45) is 1.29. The molecule has 0 radical (unpaired) electrons. The van der Waals surface area contributed by atoms with E-state index in [4.69, 9.17) is 21.4 Å². The van der Waals surface area contributed by atoms with E-state index in [0.717, 1.165) is 12.0 Å². The summed E-state index contributed by atoms with van der Waals surface area (Å²) >= 11 is 4.52. The number of amides is 1. The molecule has 0 aliphatic carbocycles. The van der Waals surface area contributed by atoms with Crippen molar-refractivity contribution in [2.75, 3.05) is 24.7 Å². The number of hydrogen-bond donors (Lipinski definition) is 2. The number of halogens is 1. The van der Waals surface area contributed by atoms with Crippen LogP contribution in [0.5, 0.6) is 5.75 Å². The summed E-state index contributed by atoms with van der Waals surface area (Å²) < 4.78 is 18.6. The van der Waals surface area contributed by atoms with E-state index in [1.165, 1.54) is 11.0 Å². The molecule has 0 bridgehead atoms. The molecule has 2 N–H and O–H groups in total. The Balaban J connectivity index is 1.94. The fourth-order valence-electron chi connectivity index (χ4n) is 3.05. The smallest absolute Gasteiger partial charge is 0.332 e. The molecule has 1 amide bonds. The predicted octanol–water partition coefficient (Wildman–Crippen LogP) is 3.28. The minimum Gasteiger partial charge on any atom is -0.604 e. The summed E-state index contributed by atoms with van der Waals surface area (Å²) in [5.74, 6) is -0.0677. The lowest BCUT2D eigenvalue weighted by Gasteiger charge is -2.15. The summed E-state index contributed by atoms with van der Waals surface area (Å²) in [6.45, 7) is 3.78. The van der Waals surface area contributed by atoms with Crippen LogP contribution in [0.2, 0.25) is 5.02 Å². The maximum Gasteiger partial charge on any atom is 0.332 e. The molecule has 1 saturated heterocycles. The third kappa shape index (κ3) is 5.33. The number of aliphatic hydroxyl groups is 2. The number of anilines is 1. The Bertz CT molecular complexity index is 1040. The zero-order chi connectivity index (χ0) is 23.3. The first-order chi connectivity index (χ1) is 15.4. The van der Waals surface area contributed by atoms with Gasteiger partial charge < -0.3 is 19.5 Å². The van der Waals surface area contributed by atoms with Gasteiger partial charge in [-0.3, -0.25) is 4.79 Å². The van der Waals surface area contributed by atoms with Gasteiger partial charge >= 0.3 is 11.1 Å². The molecular formula is C23H25ClN2O5S. The molecule has 3 rings (SSSR count). The van der Waals surface area contributed by atoms with Crippen LogP contribution in [-0.2, 0) is 16.0 Å². The number of aliphatic hydroxyl groups excluding tert-OH is 2. The van der Waals surface area contributed by atoms with Crippen molar-refractivity contribution < 1.29 is 24.3 Å². The molecule has 2 atom stereocenters. The molecule has 170 valence electrons. The second kappa shape index (κ2) is 11.0. The van der Waals surface area contributed by atoms with E-state index in [0.29, 0.717) is 23.5 Å². The van der Waals surface area contributed by atoms with Crippen molar-refractivity contribution in [1.82, 2.24) is 0 Å². The molecule has 1 heterocycles. The third-order valence-electron chi connectivity index (χ3n) is 4.69. The standard InChI is InChI=1S/C23H25ClN2O5S/c1-3-10-25-23-26(19-7-5-4-6-15(19)2)22(29)21(32(23)30)12-16-8-9-20(18(24)11-16)31-14-17(28)13-27/h4-9,11-12,17,27-28H,3,10,13-14H2,1-2H3/b21-12-,25-23+/t17-,32?/m0/s1. The van der Waals surface area contributed by atoms with E-state index in [-0.39, 0.29) is 21.7 Å². The topological polar surface area (TPSA) is 105 Å². The number of hydrogen-bond acceptors (Lipinski definition) is 6.